The van der Waals surface area contributed by atoms with Crippen molar-refractivity contribution in [1.29, 1.82) is 0 Å². The highest BCUT2D eigenvalue weighted by molar-refractivity contribution is 9.10. The summed E-state index contributed by atoms with van der Waals surface area (Å²) in [6.45, 7) is 0. The van der Waals surface area contributed by atoms with Crippen LogP contribution in [0.1, 0.15) is 5.69 Å². The number of methoxy groups -OCH3 is 1. The molecule has 0 aliphatic rings. The van der Waals surface area contributed by atoms with Crippen LogP contribution in [0.15, 0.2) is 37.5 Å². The van der Waals surface area contributed by atoms with Crippen molar-refractivity contribution < 1.29 is 32.7 Å². The zero-order valence-corrected chi connectivity index (χ0v) is 14.6. The van der Waals surface area contributed by atoms with Crippen LogP contribution in [0.25, 0.3) is 0 Å². The number of amidine groups is 1. The largest absolute Gasteiger partial charge is 0.461 e. The molecule has 2 rings (SSSR count). The molecular formula is C12H8BrFN4O6S. The van der Waals surface area contributed by atoms with Crippen LogP contribution in [0, 0.1) is 5.82 Å². The quantitative estimate of drug-likeness (QED) is 0.139. The Labute approximate surface area is 151 Å². The van der Waals surface area contributed by atoms with Crippen molar-refractivity contribution in [3.63, 3.8) is 0 Å². The number of oxime groups is 1. The predicted molar refractivity (Wildman–Crippen MR) is 84.3 cm³/mol. The van der Waals surface area contributed by atoms with Crippen LogP contribution in [-0.2, 0) is 18.5 Å². The predicted octanol–water partition coefficient (Wildman–Crippen LogP) is 1.94. The molecule has 13 heteroatoms. The Morgan fingerprint density at radius 1 is 1.40 bits per heavy atom. The first-order valence-electron chi connectivity index (χ1n) is 6.20. The highest BCUT2D eigenvalue weighted by atomic mass is 79.9. The van der Waals surface area contributed by atoms with Crippen LogP contribution >= 0.6 is 28.0 Å². The monoisotopic (exact) mass is 434 g/mol. The van der Waals surface area contributed by atoms with E-state index in [1.807, 2.05) is 0 Å². The third-order valence-corrected chi connectivity index (χ3v) is 3.78. The van der Waals surface area contributed by atoms with E-state index in [2.05, 4.69) is 50.3 Å². The average molecular weight is 435 g/mol. The average Bonchev–Trinajstić information content (AvgIpc) is 3.08. The van der Waals surface area contributed by atoms with Crippen molar-refractivity contribution >= 4 is 51.4 Å². The lowest BCUT2D eigenvalue weighted by atomic mass is 10.3. The topological polar surface area (TPSA) is 136 Å². The molecule has 2 N–H and O–H groups in total. The summed E-state index contributed by atoms with van der Waals surface area (Å²) < 4.78 is 26.7. The van der Waals surface area contributed by atoms with E-state index in [9.17, 15) is 14.0 Å². The summed E-state index contributed by atoms with van der Waals surface area (Å²) in [5, 5.41) is 21.7. The number of nitrogens with one attached hydrogen (secondary N) is 1. The summed E-state index contributed by atoms with van der Waals surface area (Å²) in [4.78, 5) is 22.2. The Morgan fingerprint density at radius 3 is 2.80 bits per heavy atom. The molecule has 0 saturated heterocycles. The van der Waals surface area contributed by atoms with Gasteiger partial charge < -0.3 is 19.4 Å². The van der Waals surface area contributed by atoms with Gasteiger partial charge in [-0.15, -0.1) is 0 Å². The van der Waals surface area contributed by atoms with Gasteiger partial charge in [-0.2, -0.15) is 0 Å². The summed E-state index contributed by atoms with van der Waals surface area (Å²) in [5.74, 6) is -3.20. The highest BCUT2D eigenvalue weighted by Crippen LogP contribution is 2.24. The van der Waals surface area contributed by atoms with E-state index >= 15 is 0 Å². The number of anilines is 1. The number of aromatic nitrogens is 2. The lowest BCUT2D eigenvalue weighted by Crippen LogP contribution is -2.17. The van der Waals surface area contributed by atoms with Gasteiger partial charge in [0.2, 0.25) is 10.9 Å². The van der Waals surface area contributed by atoms with Crippen LogP contribution in [-0.4, -0.2) is 40.4 Å². The number of hydrogen-bond acceptors (Lipinski definition) is 10. The molecule has 0 bridgehead atoms. The van der Waals surface area contributed by atoms with E-state index in [4.69, 9.17) is 5.21 Å². The second-order valence-corrected chi connectivity index (χ2v) is 5.64. The number of esters is 1. The second-order valence-electron chi connectivity index (χ2n) is 4.07. The first-order chi connectivity index (χ1) is 12.0. The zero-order chi connectivity index (χ0) is 18.4. The minimum absolute atomic E-state index is 0.112. The van der Waals surface area contributed by atoms with Gasteiger partial charge in [0.25, 0.3) is 0 Å². The molecule has 132 valence electrons. The molecule has 0 fully saturated rings. The zero-order valence-electron chi connectivity index (χ0n) is 12.2. The van der Waals surface area contributed by atoms with Crippen molar-refractivity contribution in [2.24, 2.45) is 5.16 Å². The van der Waals surface area contributed by atoms with Gasteiger partial charge in [-0.1, -0.05) is 5.16 Å². The number of nitrogens with zero attached hydrogens (tertiary/aromatic N) is 3. The van der Waals surface area contributed by atoms with Gasteiger partial charge in [0.15, 0.2) is 5.69 Å². The fourth-order valence-corrected chi connectivity index (χ4v) is 2.29. The standard InChI is InChI=1S/C12H8BrFN4O6S/c1-22-11(19)12(20)23-25-10-8(17-24-18-10)9(16-21)15-5-2-3-7(14)6(13)4-5/h2-4,21H,1H3,(H,15,16). The van der Waals surface area contributed by atoms with E-state index in [-0.39, 0.29) is 21.0 Å². The number of rotatable bonds is 4. The van der Waals surface area contributed by atoms with Crippen molar-refractivity contribution in [2.45, 2.75) is 5.03 Å². The van der Waals surface area contributed by atoms with Gasteiger partial charge >= 0.3 is 11.9 Å². The molecule has 10 nitrogen and oxygen atoms in total. The molecule has 1 aromatic carbocycles. The lowest BCUT2D eigenvalue weighted by Gasteiger charge is -2.07. The Kier molecular flexibility index (Phi) is 6.30. The van der Waals surface area contributed by atoms with Crippen LogP contribution in [0.2, 0.25) is 0 Å². The Morgan fingerprint density at radius 2 is 2.16 bits per heavy atom. The molecule has 25 heavy (non-hydrogen) atoms. The molecule has 0 saturated carbocycles. The van der Waals surface area contributed by atoms with Crippen LogP contribution in [0.4, 0.5) is 10.1 Å². The maximum absolute atomic E-state index is 13.2. The van der Waals surface area contributed by atoms with Crippen molar-refractivity contribution in [3.05, 3.63) is 34.2 Å². The van der Waals surface area contributed by atoms with Crippen molar-refractivity contribution in [1.82, 2.24) is 10.3 Å². The van der Waals surface area contributed by atoms with Crippen molar-refractivity contribution in [2.75, 3.05) is 12.4 Å². The maximum Gasteiger partial charge on any atom is 0.429 e. The molecule has 0 aliphatic heterocycles. The van der Waals surface area contributed by atoms with Gasteiger partial charge in [0, 0.05) is 5.69 Å². The van der Waals surface area contributed by atoms with Gasteiger partial charge in [-0.05, 0) is 44.4 Å². The summed E-state index contributed by atoms with van der Waals surface area (Å²) in [7, 11) is 1.01. The molecular weight excluding hydrogens is 427 g/mol. The first kappa shape index (κ1) is 18.7. The first-order valence-corrected chi connectivity index (χ1v) is 7.73. The third-order valence-electron chi connectivity index (χ3n) is 2.51. The van der Waals surface area contributed by atoms with Crippen molar-refractivity contribution in [3.8, 4) is 0 Å². The van der Waals surface area contributed by atoms with Gasteiger partial charge in [-0.25, -0.2) is 18.6 Å². The van der Waals surface area contributed by atoms with Gasteiger partial charge in [0.1, 0.15) is 17.9 Å². The van der Waals surface area contributed by atoms with Gasteiger partial charge in [-0.3, -0.25) is 0 Å². The molecule has 1 heterocycles. The number of carbonyl (C=O) groups is 2. The molecule has 0 aliphatic carbocycles. The number of hydrogen-bond donors (Lipinski definition) is 2. The second kappa shape index (κ2) is 8.43. The van der Waals surface area contributed by atoms with E-state index in [0.717, 1.165) is 7.11 Å². The number of benzene rings is 1. The van der Waals surface area contributed by atoms with Gasteiger partial charge in [0.05, 0.1) is 11.6 Å². The van der Waals surface area contributed by atoms with E-state index < -0.39 is 17.8 Å². The molecule has 1 aromatic heterocycles. The smallest absolute Gasteiger partial charge is 0.429 e. The Hall–Kier alpha value is -2.67. The molecule has 2 aromatic rings. The molecule has 0 unspecified atom stereocenters. The fourth-order valence-electron chi connectivity index (χ4n) is 1.42. The molecule has 0 radical (unpaired) electrons. The SMILES string of the molecule is COC(=O)C(=O)OSc1nonc1C(=NO)Nc1ccc(F)c(Br)c1. The van der Waals surface area contributed by atoms with E-state index in [1.54, 1.807) is 0 Å². The highest BCUT2D eigenvalue weighted by Gasteiger charge is 2.23. The summed E-state index contributed by atoms with van der Waals surface area (Å²) in [6, 6.07) is 3.94. The van der Waals surface area contributed by atoms with Crippen LogP contribution < -0.4 is 5.32 Å². The Balaban J connectivity index is 2.14. The summed E-state index contributed by atoms with van der Waals surface area (Å²) in [6.07, 6.45) is 0. The molecule has 0 atom stereocenters. The minimum Gasteiger partial charge on any atom is -0.461 e. The summed E-state index contributed by atoms with van der Waals surface area (Å²) in [5.41, 5.74) is 0.234. The number of halogens is 2. The normalized spacial score (nSPS) is 11.1. The minimum atomic E-state index is -1.28. The van der Waals surface area contributed by atoms with E-state index in [1.165, 1.54) is 18.2 Å². The lowest BCUT2D eigenvalue weighted by molar-refractivity contribution is -0.159. The molecule has 0 amide bonds. The van der Waals surface area contributed by atoms with E-state index in [0.29, 0.717) is 17.7 Å². The summed E-state index contributed by atoms with van der Waals surface area (Å²) >= 11 is 3.36. The maximum atomic E-state index is 13.2. The number of ether oxygens (including phenoxy) is 1. The Bertz CT molecular complexity index is 830. The fraction of sp³-hybridized carbons (Fsp3) is 0.0833. The number of carbonyl (C=O) groups excluding carboxylic acids is 2. The molecule has 0 spiro atoms. The van der Waals surface area contributed by atoms with Crippen LogP contribution in [0.3, 0.4) is 0 Å². The third kappa shape index (κ3) is 4.67. The van der Waals surface area contributed by atoms with Crippen LogP contribution in [0.5, 0.6) is 0 Å².